The van der Waals surface area contributed by atoms with Crippen LogP contribution >= 0.6 is 0 Å². The van der Waals surface area contributed by atoms with Gasteiger partial charge in [-0.3, -0.25) is 0 Å². The van der Waals surface area contributed by atoms with Crippen molar-refractivity contribution >= 4 is 0 Å². The molecule has 1 rings (SSSR count). The lowest BCUT2D eigenvalue weighted by molar-refractivity contribution is 0.272. The predicted molar refractivity (Wildman–Crippen MR) is 51.4 cm³/mol. The molecule has 0 aliphatic rings. The van der Waals surface area contributed by atoms with Gasteiger partial charge in [0.25, 0.3) is 0 Å². The quantitative estimate of drug-likeness (QED) is 0.711. The Balaban J connectivity index is 3.04. The molecule has 0 fully saturated rings. The summed E-state index contributed by atoms with van der Waals surface area (Å²) in [5, 5.41) is 9.00. The lowest BCUT2D eigenvalue weighted by Crippen LogP contribution is -2.01. The maximum atomic E-state index is 9.00. The Labute approximate surface area is 74.1 Å². The van der Waals surface area contributed by atoms with Gasteiger partial charge in [0.2, 0.25) is 0 Å². The zero-order valence-corrected chi connectivity index (χ0v) is 7.96. The molecule has 0 saturated carbocycles. The van der Waals surface area contributed by atoms with Crippen LogP contribution in [0, 0.1) is 13.8 Å². The lowest BCUT2D eigenvalue weighted by Gasteiger charge is -2.12. The Morgan fingerprint density at radius 1 is 1.33 bits per heavy atom. The molecule has 0 saturated heterocycles. The normalized spacial score (nSPS) is 13.0. The van der Waals surface area contributed by atoms with Gasteiger partial charge in [0.05, 0.1) is 0 Å². The highest BCUT2D eigenvalue weighted by Crippen LogP contribution is 2.19. The minimum absolute atomic E-state index is 0.226. The van der Waals surface area contributed by atoms with Crippen LogP contribution in [-0.4, -0.2) is 11.7 Å². The van der Waals surface area contributed by atoms with Gasteiger partial charge >= 0.3 is 0 Å². The average Bonchev–Trinajstić information content (AvgIpc) is 2.08. The molecule has 0 aliphatic carbocycles. The van der Waals surface area contributed by atoms with E-state index >= 15 is 0 Å². The van der Waals surface area contributed by atoms with Crippen molar-refractivity contribution in [2.45, 2.75) is 26.7 Å². The zero-order chi connectivity index (χ0) is 9.14. The van der Waals surface area contributed by atoms with Crippen LogP contribution in [0.25, 0.3) is 0 Å². The van der Waals surface area contributed by atoms with E-state index in [0.29, 0.717) is 0 Å². The smallest absolute Gasteiger partial charge is 0.0497 e. The monoisotopic (exact) mass is 164 g/mol. The summed E-state index contributed by atoms with van der Waals surface area (Å²) in [5.74, 6) is 0.255. The second kappa shape index (κ2) is 3.72. The van der Waals surface area contributed by atoms with E-state index in [2.05, 4.69) is 32.0 Å². The van der Waals surface area contributed by atoms with Crippen molar-refractivity contribution in [2.75, 3.05) is 6.61 Å². The van der Waals surface area contributed by atoms with Crippen molar-refractivity contribution in [3.05, 3.63) is 34.9 Å². The van der Waals surface area contributed by atoms with Gasteiger partial charge in [-0.1, -0.05) is 30.7 Å². The first-order valence-corrected chi connectivity index (χ1v) is 4.33. The number of benzene rings is 1. The largest absolute Gasteiger partial charge is 0.396 e. The van der Waals surface area contributed by atoms with Crippen LogP contribution in [-0.2, 0) is 0 Å². The van der Waals surface area contributed by atoms with E-state index in [0.717, 1.165) is 0 Å². The fraction of sp³-hybridized carbons (Fsp3) is 0.455. The molecule has 1 aromatic carbocycles. The van der Waals surface area contributed by atoms with Crippen LogP contribution in [0.15, 0.2) is 18.2 Å². The molecule has 1 N–H and O–H groups in total. The average molecular weight is 164 g/mol. The Hall–Kier alpha value is -0.820. The first kappa shape index (κ1) is 9.27. The highest BCUT2D eigenvalue weighted by atomic mass is 16.3. The summed E-state index contributed by atoms with van der Waals surface area (Å²) < 4.78 is 0. The van der Waals surface area contributed by atoms with Crippen LogP contribution < -0.4 is 0 Å². The third-order valence-electron chi connectivity index (χ3n) is 2.24. The van der Waals surface area contributed by atoms with Gasteiger partial charge < -0.3 is 5.11 Å². The molecule has 0 heterocycles. The third-order valence-corrected chi connectivity index (χ3v) is 2.24. The van der Waals surface area contributed by atoms with Gasteiger partial charge in [-0.2, -0.15) is 0 Å². The van der Waals surface area contributed by atoms with Gasteiger partial charge in [0, 0.05) is 12.5 Å². The number of aryl methyl sites for hydroxylation is 2. The van der Waals surface area contributed by atoms with Gasteiger partial charge in [-0.05, 0) is 25.0 Å². The standard InChI is InChI=1S/C11H16O/c1-8-4-5-9(2)11(6-8)10(3)7-12/h4-6,10,12H,7H2,1-3H3. The Bertz CT molecular complexity index is 266. The Kier molecular flexibility index (Phi) is 2.88. The maximum Gasteiger partial charge on any atom is 0.0497 e. The molecule has 1 heteroatoms. The maximum absolute atomic E-state index is 9.00. The summed E-state index contributed by atoms with van der Waals surface area (Å²) in [6.07, 6.45) is 0. The molecule has 0 bridgehead atoms. The molecule has 1 unspecified atom stereocenters. The molecule has 1 nitrogen and oxygen atoms in total. The number of hydrogen-bond donors (Lipinski definition) is 1. The van der Waals surface area contributed by atoms with Crippen molar-refractivity contribution < 1.29 is 5.11 Å². The van der Waals surface area contributed by atoms with Crippen LogP contribution in [0.1, 0.15) is 29.5 Å². The number of rotatable bonds is 2. The molecule has 12 heavy (non-hydrogen) atoms. The van der Waals surface area contributed by atoms with E-state index in [1.807, 2.05) is 6.92 Å². The first-order valence-electron chi connectivity index (χ1n) is 4.33. The van der Waals surface area contributed by atoms with E-state index in [4.69, 9.17) is 5.11 Å². The lowest BCUT2D eigenvalue weighted by atomic mass is 9.95. The summed E-state index contributed by atoms with van der Waals surface area (Å²) in [7, 11) is 0. The third kappa shape index (κ3) is 1.86. The fourth-order valence-corrected chi connectivity index (χ4v) is 1.39. The van der Waals surface area contributed by atoms with E-state index in [1.165, 1.54) is 16.7 Å². The van der Waals surface area contributed by atoms with Crippen molar-refractivity contribution in [1.29, 1.82) is 0 Å². The molecule has 0 aromatic heterocycles. The van der Waals surface area contributed by atoms with Gasteiger partial charge in [0.15, 0.2) is 0 Å². The molecule has 66 valence electrons. The van der Waals surface area contributed by atoms with Gasteiger partial charge in [0.1, 0.15) is 0 Å². The highest BCUT2D eigenvalue weighted by molar-refractivity contribution is 5.32. The molecular formula is C11H16O. The zero-order valence-electron chi connectivity index (χ0n) is 7.96. The van der Waals surface area contributed by atoms with E-state index in [9.17, 15) is 0 Å². The van der Waals surface area contributed by atoms with Crippen LogP contribution in [0.5, 0.6) is 0 Å². The van der Waals surface area contributed by atoms with Crippen molar-refractivity contribution in [2.24, 2.45) is 0 Å². The molecular weight excluding hydrogens is 148 g/mol. The van der Waals surface area contributed by atoms with E-state index < -0.39 is 0 Å². The summed E-state index contributed by atoms with van der Waals surface area (Å²) in [6.45, 7) is 6.43. The second-order valence-electron chi connectivity index (χ2n) is 3.44. The van der Waals surface area contributed by atoms with Crippen molar-refractivity contribution in [3.8, 4) is 0 Å². The molecule has 0 radical (unpaired) electrons. The van der Waals surface area contributed by atoms with Crippen LogP contribution in [0.2, 0.25) is 0 Å². The predicted octanol–water partition coefficient (Wildman–Crippen LogP) is 2.40. The number of aliphatic hydroxyl groups is 1. The minimum atomic E-state index is 0.226. The van der Waals surface area contributed by atoms with Crippen molar-refractivity contribution in [1.82, 2.24) is 0 Å². The van der Waals surface area contributed by atoms with E-state index in [1.54, 1.807) is 0 Å². The fourth-order valence-electron chi connectivity index (χ4n) is 1.39. The van der Waals surface area contributed by atoms with Crippen LogP contribution in [0.4, 0.5) is 0 Å². The minimum Gasteiger partial charge on any atom is -0.396 e. The Morgan fingerprint density at radius 3 is 2.58 bits per heavy atom. The molecule has 1 atom stereocenters. The van der Waals surface area contributed by atoms with Crippen LogP contribution in [0.3, 0.4) is 0 Å². The number of hydrogen-bond acceptors (Lipinski definition) is 1. The molecule has 0 spiro atoms. The molecule has 0 aliphatic heterocycles. The Morgan fingerprint density at radius 2 is 2.00 bits per heavy atom. The van der Waals surface area contributed by atoms with Crippen molar-refractivity contribution in [3.63, 3.8) is 0 Å². The summed E-state index contributed by atoms with van der Waals surface area (Å²) in [6, 6.07) is 6.36. The van der Waals surface area contributed by atoms with Gasteiger partial charge in [-0.25, -0.2) is 0 Å². The summed E-state index contributed by atoms with van der Waals surface area (Å²) in [5.41, 5.74) is 3.79. The number of aliphatic hydroxyl groups excluding tert-OH is 1. The molecule has 0 amide bonds. The molecule has 1 aromatic rings. The first-order chi connectivity index (χ1) is 5.65. The second-order valence-corrected chi connectivity index (χ2v) is 3.44. The van der Waals surface area contributed by atoms with E-state index in [-0.39, 0.29) is 12.5 Å². The topological polar surface area (TPSA) is 20.2 Å². The highest BCUT2D eigenvalue weighted by Gasteiger charge is 2.06. The summed E-state index contributed by atoms with van der Waals surface area (Å²) >= 11 is 0. The summed E-state index contributed by atoms with van der Waals surface area (Å²) in [4.78, 5) is 0. The SMILES string of the molecule is Cc1ccc(C)c(C(C)CO)c1. The van der Waals surface area contributed by atoms with Gasteiger partial charge in [-0.15, -0.1) is 0 Å².